The summed E-state index contributed by atoms with van der Waals surface area (Å²) >= 11 is 0. The van der Waals surface area contributed by atoms with E-state index in [1.54, 1.807) is 14.2 Å². The molecule has 1 amide bonds. The van der Waals surface area contributed by atoms with Gasteiger partial charge in [0.15, 0.2) is 0 Å². The molecule has 1 fully saturated rings. The Morgan fingerprint density at radius 3 is 2.87 bits per heavy atom. The number of carbonyl (C=O) groups is 1. The fraction of sp³-hybridized carbons (Fsp3) is 0.588. The standard InChI is InChI=1S/C17H27N3O3/c1-12-10-18-7-8-20(12)11-17(21)19-13(2)15-9-14(22-3)5-6-16(15)23-4/h5-6,9,12-13,18H,7-8,10-11H2,1-4H3,(H,19,21)/t12-,13?/m1/s1. The lowest BCUT2D eigenvalue weighted by Gasteiger charge is -2.33. The van der Waals surface area contributed by atoms with Gasteiger partial charge in [0.25, 0.3) is 0 Å². The van der Waals surface area contributed by atoms with E-state index in [1.807, 2.05) is 25.1 Å². The van der Waals surface area contributed by atoms with E-state index < -0.39 is 0 Å². The molecule has 0 aromatic heterocycles. The van der Waals surface area contributed by atoms with Crippen molar-refractivity contribution in [1.82, 2.24) is 15.5 Å². The Hall–Kier alpha value is -1.79. The van der Waals surface area contributed by atoms with E-state index in [4.69, 9.17) is 9.47 Å². The summed E-state index contributed by atoms with van der Waals surface area (Å²) < 4.78 is 10.7. The van der Waals surface area contributed by atoms with Crippen molar-refractivity contribution in [3.05, 3.63) is 23.8 Å². The lowest BCUT2D eigenvalue weighted by molar-refractivity contribution is -0.123. The van der Waals surface area contributed by atoms with E-state index in [1.165, 1.54) is 0 Å². The fourth-order valence-corrected chi connectivity index (χ4v) is 2.85. The van der Waals surface area contributed by atoms with Gasteiger partial charge in [0, 0.05) is 31.2 Å². The van der Waals surface area contributed by atoms with E-state index in [0.29, 0.717) is 12.6 Å². The maximum absolute atomic E-state index is 12.3. The zero-order chi connectivity index (χ0) is 16.8. The Morgan fingerprint density at radius 1 is 1.43 bits per heavy atom. The second-order valence-electron chi connectivity index (χ2n) is 5.92. The largest absolute Gasteiger partial charge is 0.497 e. The quantitative estimate of drug-likeness (QED) is 0.824. The number of benzene rings is 1. The molecule has 1 saturated heterocycles. The Kier molecular flexibility index (Phi) is 6.24. The lowest BCUT2D eigenvalue weighted by Crippen LogP contribution is -2.52. The van der Waals surface area contributed by atoms with Crippen molar-refractivity contribution in [2.75, 3.05) is 40.4 Å². The van der Waals surface area contributed by atoms with Crippen LogP contribution in [-0.2, 0) is 4.79 Å². The number of amides is 1. The molecule has 128 valence electrons. The molecule has 2 rings (SSSR count). The van der Waals surface area contributed by atoms with Crippen LogP contribution in [0.5, 0.6) is 11.5 Å². The minimum atomic E-state index is -0.147. The van der Waals surface area contributed by atoms with E-state index in [2.05, 4.69) is 22.5 Å². The first kappa shape index (κ1) is 17.6. The Balaban J connectivity index is 2.00. The summed E-state index contributed by atoms with van der Waals surface area (Å²) in [5.41, 5.74) is 0.911. The van der Waals surface area contributed by atoms with Gasteiger partial charge in [-0.25, -0.2) is 0 Å². The van der Waals surface area contributed by atoms with Gasteiger partial charge < -0.3 is 20.1 Å². The zero-order valence-corrected chi connectivity index (χ0v) is 14.4. The Morgan fingerprint density at radius 2 is 2.22 bits per heavy atom. The van der Waals surface area contributed by atoms with E-state index >= 15 is 0 Å². The van der Waals surface area contributed by atoms with Crippen molar-refractivity contribution in [3.63, 3.8) is 0 Å². The molecule has 0 saturated carbocycles. The van der Waals surface area contributed by atoms with Crippen LogP contribution >= 0.6 is 0 Å². The second-order valence-corrected chi connectivity index (χ2v) is 5.92. The van der Waals surface area contributed by atoms with Crippen LogP contribution in [0.4, 0.5) is 0 Å². The summed E-state index contributed by atoms with van der Waals surface area (Å²) in [4.78, 5) is 14.5. The van der Waals surface area contributed by atoms with Crippen LogP contribution < -0.4 is 20.1 Å². The topological polar surface area (TPSA) is 62.8 Å². The van der Waals surface area contributed by atoms with Crippen LogP contribution in [-0.4, -0.2) is 57.2 Å². The normalized spacial score (nSPS) is 19.9. The van der Waals surface area contributed by atoms with Crippen LogP contribution in [0.1, 0.15) is 25.5 Å². The third-order valence-corrected chi connectivity index (χ3v) is 4.27. The van der Waals surface area contributed by atoms with Gasteiger partial charge in [-0.3, -0.25) is 9.69 Å². The average molecular weight is 321 g/mol. The number of piperazine rings is 1. The van der Waals surface area contributed by atoms with Gasteiger partial charge in [-0.1, -0.05) is 0 Å². The van der Waals surface area contributed by atoms with Gasteiger partial charge in [0.1, 0.15) is 11.5 Å². The average Bonchev–Trinajstić information content (AvgIpc) is 2.56. The van der Waals surface area contributed by atoms with Crippen LogP contribution in [0.25, 0.3) is 0 Å². The predicted octanol–water partition coefficient (Wildman–Crippen LogP) is 1.17. The second kappa shape index (κ2) is 8.17. The number of rotatable bonds is 6. The molecular weight excluding hydrogens is 294 g/mol. The van der Waals surface area contributed by atoms with E-state index in [-0.39, 0.29) is 11.9 Å². The minimum Gasteiger partial charge on any atom is -0.497 e. The molecular formula is C17H27N3O3. The molecule has 1 aliphatic heterocycles. The van der Waals surface area contributed by atoms with Gasteiger partial charge in [-0.15, -0.1) is 0 Å². The fourth-order valence-electron chi connectivity index (χ4n) is 2.85. The smallest absolute Gasteiger partial charge is 0.234 e. The van der Waals surface area contributed by atoms with Crippen molar-refractivity contribution in [3.8, 4) is 11.5 Å². The molecule has 0 bridgehead atoms. The molecule has 2 N–H and O–H groups in total. The molecule has 2 atom stereocenters. The first-order valence-corrected chi connectivity index (χ1v) is 8.01. The maximum Gasteiger partial charge on any atom is 0.234 e. The van der Waals surface area contributed by atoms with Gasteiger partial charge in [0.05, 0.1) is 26.8 Å². The predicted molar refractivity (Wildman–Crippen MR) is 90.0 cm³/mol. The van der Waals surface area contributed by atoms with Gasteiger partial charge in [-0.2, -0.15) is 0 Å². The van der Waals surface area contributed by atoms with Crippen LogP contribution in [0.3, 0.4) is 0 Å². The Labute approximate surface area is 138 Å². The Bertz CT molecular complexity index is 536. The molecule has 1 unspecified atom stereocenters. The number of hydrogen-bond donors (Lipinski definition) is 2. The summed E-state index contributed by atoms with van der Waals surface area (Å²) in [6, 6.07) is 5.83. The van der Waals surface area contributed by atoms with Crippen molar-refractivity contribution >= 4 is 5.91 Å². The summed E-state index contributed by atoms with van der Waals surface area (Å²) in [5.74, 6) is 1.52. The highest BCUT2D eigenvalue weighted by Crippen LogP contribution is 2.29. The van der Waals surface area contributed by atoms with Crippen molar-refractivity contribution in [1.29, 1.82) is 0 Å². The van der Waals surface area contributed by atoms with Gasteiger partial charge >= 0.3 is 0 Å². The number of nitrogens with one attached hydrogen (secondary N) is 2. The molecule has 1 aromatic rings. The molecule has 0 aliphatic carbocycles. The molecule has 6 nitrogen and oxygen atoms in total. The summed E-state index contributed by atoms with van der Waals surface area (Å²) in [6.45, 7) is 7.25. The van der Waals surface area contributed by atoms with Crippen molar-refractivity contribution in [2.45, 2.75) is 25.9 Å². The minimum absolute atomic E-state index is 0.0242. The van der Waals surface area contributed by atoms with Crippen molar-refractivity contribution < 1.29 is 14.3 Å². The van der Waals surface area contributed by atoms with Gasteiger partial charge in [0.2, 0.25) is 5.91 Å². The maximum atomic E-state index is 12.3. The van der Waals surface area contributed by atoms with Crippen molar-refractivity contribution in [2.24, 2.45) is 0 Å². The van der Waals surface area contributed by atoms with Crippen LogP contribution in [0.15, 0.2) is 18.2 Å². The monoisotopic (exact) mass is 321 g/mol. The summed E-state index contributed by atoms with van der Waals surface area (Å²) in [7, 11) is 3.25. The highest BCUT2D eigenvalue weighted by Gasteiger charge is 2.22. The molecule has 23 heavy (non-hydrogen) atoms. The zero-order valence-electron chi connectivity index (χ0n) is 14.4. The number of hydrogen-bond acceptors (Lipinski definition) is 5. The summed E-state index contributed by atoms with van der Waals surface area (Å²) in [5, 5.41) is 6.38. The van der Waals surface area contributed by atoms with E-state index in [9.17, 15) is 4.79 Å². The molecule has 1 heterocycles. The first-order chi connectivity index (χ1) is 11.0. The van der Waals surface area contributed by atoms with Crippen LogP contribution in [0, 0.1) is 0 Å². The third kappa shape index (κ3) is 4.59. The third-order valence-electron chi connectivity index (χ3n) is 4.27. The highest BCUT2D eigenvalue weighted by atomic mass is 16.5. The van der Waals surface area contributed by atoms with Gasteiger partial charge in [-0.05, 0) is 32.0 Å². The molecule has 0 radical (unpaired) electrons. The van der Waals surface area contributed by atoms with E-state index in [0.717, 1.165) is 36.7 Å². The number of ether oxygens (including phenoxy) is 2. The number of carbonyl (C=O) groups excluding carboxylic acids is 1. The van der Waals surface area contributed by atoms with Crippen LogP contribution in [0.2, 0.25) is 0 Å². The number of methoxy groups -OCH3 is 2. The molecule has 6 heteroatoms. The SMILES string of the molecule is COc1ccc(OC)c(C(C)NC(=O)CN2CCNC[C@H]2C)c1. The summed E-state index contributed by atoms with van der Waals surface area (Å²) in [6.07, 6.45) is 0. The molecule has 1 aromatic carbocycles. The highest BCUT2D eigenvalue weighted by molar-refractivity contribution is 5.78. The molecule has 1 aliphatic rings. The number of nitrogens with zero attached hydrogens (tertiary/aromatic N) is 1. The first-order valence-electron chi connectivity index (χ1n) is 8.01. The molecule has 0 spiro atoms. The lowest BCUT2D eigenvalue weighted by atomic mass is 10.1.